The van der Waals surface area contributed by atoms with Crippen molar-refractivity contribution in [2.24, 2.45) is 0 Å². The minimum Gasteiger partial charge on any atom is -0.508 e. The molecule has 0 aliphatic heterocycles. The molecule has 160 valence electrons. The molecule has 0 radical (unpaired) electrons. The van der Waals surface area contributed by atoms with Crippen LogP contribution in [0.3, 0.4) is 0 Å². The second-order valence-electron chi connectivity index (χ2n) is 8.29. The lowest BCUT2D eigenvalue weighted by Crippen LogP contribution is -2.12. The third-order valence-corrected chi connectivity index (χ3v) is 6.25. The van der Waals surface area contributed by atoms with Crippen LogP contribution in [-0.4, -0.2) is 5.11 Å². The van der Waals surface area contributed by atoms with Gasteiger partial charge in [0.2, 0.25) is 0 Å². The van der Waals surface area contributed by atoms with E-state index in [0.717, 1.165) is 22.3 Å². The van der Waals surface area contributed by atoms with Crippen molar-refractivity contribution in [3.63, 3.8) is 0 Å². The van der Waals surface area contributed by atoms with Gasteiger partial charge in [0.15, 0.2) is 0 Å². The lowest BCUT2D eigenvalue weighted by Gasteiger charge is -2.28. The van der Waals surface area contributed by atoms with Gasteiger partial charge in [-0.15, -0.1) is 0 Å². The number of hydrogen-bond acceptors (Lipinski definition) is 1. The van der Waals surface area contributed by atoms with Gasteiger partial charge in [-0.05, 0) is 33.9 Å². The molecule has 5 aromatic rings. The molecular formula is C32H26O. The van der Waals surface area contributed by atoms with E-state index in [2.05, 4.69) is 103 Å². The van der Waals surface area contributed by atoms with Crippen LogP contribution < -0.4 is 0 Å². The molecule has 0 bridgehead atoms. The standard InChI is InChI=1S/C32H26O/c33-29-23-13-22-28(30(24-14-5-1-6-15-24)25-16-7-2-8-17-25)32(29)31(26-18-9-3-10-19-26)27-20-11-4-12-21-27/h1-23,30-31,33H. The molecule has 1 N–H and O–H groups in total. The molecule has 0 aromatic heterocycles. The van der Waals surface area contributed by atoms with Crippen LogP contribution in [0.1, 0.15) is 45.2 Å². The summed E-state index contributed by atoms with van der Waals surface area (Å²) in [6.07, 6.45) is 0. The first kappa shape index (κ1) is 20.8. The summed E-state index contributed by atoms with van der Waals surface area (Å²) in [5.41, 5.74) is 6.79. The summed E-state index contributed by atoms with van der Waals surface area (Å²) in [5, 5.41) is 11.3. The monoisotopic (exact) mass is 426 g/mol. The molecule has 5 aromatic carbocycles. The van der Waals surface area contributed by atoms with Crippen molar-refractivity contribution in [1.82, 2.24) is 0 Å². The van der Waals surface area contributed by atoms with Crippen molar-refractivity contribution < 1.29 is 5.11 Å². The Labute approximate surface area is 195 Å². The number of phenolic OH excluding ortho intramolecular Hbond substituents is 1. The SMILES string of the molecule is Oc1cccc(C(c2ccccc2)c2ccccc2)c1C(c1ccccc1)c1ccccc1. The quantitative estimate of drug-likeness (QED) is 0.275. The summed E-state index contributed by atoms with van der Waals surface area (Å²) in [6, 6.07) is 48.0. The zero-order chi connectivity index (χ0) is 22.5. The summed E-state index contributed by atoms with van der Waals surface area (Å²) >= 11 is 0. The molecule has 0 saturated heterocycles. The average molecular weight is 427 g/mol. The van der Waals surface area contributed by atoms with Gasteiger partial charge in [-0.2, -0.15) is 0 Å². The van der Waals surface area contributed by atoms with E-state index in [9.17, 15) is 5.11 Å². The fourth-order valence-electron chi connectivity index (χ4n) is 4.80. The molecule has 33 heavy (non-hydrogen) atoms. The van der Waals surface area contributed by atoms with Crippen LogP contribution in [0, 0.1) is 0 Å². The number of phenols is 1. The third kappa shape index (κ3) is 4.31. The maximum Gasteiger partial charge on any atom is 0.120 e. The van der Waals surface area contributed by atoms with E-state index < -0.39 is 0 Å². The number of benzene rings is 5. The Morgan fingerprint density at radius 1 is 0.364 bits per heavy atom. The Morgan fingerprint density at radius 2 is 0.727 bits per heavy atom. The molecule has 0 atom stereocenters. The van der Waals surface area contributed by atoms with E-state index in [1.165, 1.54) is 11.1 Å². The first-order valence-electron chi connectivity index (χ1n) is 11.3. The minimum absolute atomic E-state index is 0.00410. The van der Waals surface area contributed by atoms with Gasteiger partial charge >= 0.3 is 0 Å². The van der Waals surface area contributed by atoms with E-state index in [1.54, 1.807) is 0 Å². The summed E-state index contributed by atoms with van der Waals surface area (Å²) in [7, 11) is 0. The van der Waals surface area contributed by atoms with Gasteiger partial charge in [-0.3, -0.25) is 0 Å². The second-order valence-corrected chi connectivity index (χ2v) is 8.29. The zero-order valence-electron chi connectivity index (χ0n) is 18.4. The van der Waals surface area contributed by atoms with E-state index >= 15 is 0 Å². The highest BCUT2D eigenvalue weighted by Crippen LogP contribution is 2.44. The maximum atomic E-state index is 11.3. The van der Waals surface area contributed by atoms with Crippen molar-refractivity contribution in [3.05, 3.63) is 173 Å². The molecule has 0 heterocycles. The fraction of sp³-hybridized carbons (Fsp3) is 0.0625. The predicted octanol–water partition coefficient (Wildman–Crippen LogP) is 7.75. The molecule has 0 saturated carbocycles. The maximum absolute atomic E-state index is 11.3. The first-order valence-corrected chi connectivity index (χ1v) is 11.3. The van der Waals surface area contributed by atoms with Crippen LogP contribution in [0.5, 0.6) is 5.75 Å². The summed E-state index contributed by atoms with van der Waals surface area (Å²) in [6.45, 7) is 0. The van der Waals surface area contributed by atoms with Gasteiger partial charge in [0.25, 0.3) is 0 Å². The van der Waals surface area contributed by atoms with Gasteiger partial charge in [0.1, 0.15) is 5.75 Å². The molecule has 5 rings (SSSR count). The average Bonchev–Trinajstić information content (AvgIpc) is 2.89. The highest BCUT2D eigenvalue weighted by atomic mass is 16.3. The Balaban J connectivity index is 1.79. The smallest absolute Gasteiger partial charge is 0.120 e. The third-order valence-electron chi connectivity index (χ3n) is 6.25. The molecule has 0 aliphatic carbocycles. The highest BCUT2D eigenvalue weighted by Gasteiger charge is 2.28. The lowest BCUT2D eigenvalue weighted by atomic mass is 9.76. The van der Waals surface area contributed by atoms with Crippen molar-refractivity contribution in [3.8, 4) is 5.75 Å². The van der Waals surface area contributed by atoms with E-state index in [-0.39, 0.29) is 11.8 Å². The van der Waals surface area contributed by atoms with Crippen LogP contribution in [0.2, 0.25) is 0 Å². The summed E-state index contributed by atoms with van der Waals surface area (Å²) in [4.78, 5) is 0. The number of rotatable bonds is 6. The van der Waals surface area contributed by atoms with Crippen LogP contribution in [-0.2, 0) is 0 Å². The Hall–Kier alpha value is -4.10. The van der Waals surface area contributed by atoms with Crippen molar-refractivity contribution >= 4 is 0 Å². The molecule has 0 aliphatic rings. The molecule has 1 heteroatoms. The van der Waals surface area contributed by atoms with Crippen LogP contribution in [0.25, 0.3) is 0 Å². The highest BCUT2D eigenvalue weighted by molar-refractivity contribution is 5.57. The zero-order valence-corrected chi connectivity index (χ0v) is 18.4. The van der Waals surface area contributed by atoms with E-state index in [4.69, 9.17) is 0 Å². The van der Waals surface area contributed by atoms with Crippen molar-refractivity contribution in [1.29, 1.82) is 0 Å². The molecule has 0 unspecified atom stereocenters. The van der Waals surface area contributed by atoms with Crippen molar-refractivity contribution in [2.45, 2.75) is 11.8 Å². The predicted molar refractivity (Wildman–Crippen MR) is 136 cm³/mol. The van der Waals surface area contributed by atoms with E-state index in [1.807, 2.05) is 36.4 Å². The minimum atomic E-state index is -0.0847. The van der Waals surface area contributed by atoms with Crippen molar-refractivity contribution in [2.75, 3.05) is 0 Å². The lowest BCUT2D eigenvalue weighted by molar-refractivity contribution is 0.465. The Bertz CT molecular complexity index is 1220. The molecular weight excluding hydrogens is 400 g/mol. The molecule has 1 nitrogen and oxygen atoms in total. The molecule has 0 fully saturated rings. The molecule has 0 spiro atoms. The van der Waals surface area contributed by atoms with Gasteiger partial charge in [-0.1, -0.05) is 133 Å². The fourth-order valence-corrected chi connectivity index (χ4v) is 4.80. The molecule has 0 amide bonds. The van der Waals surface area contributed by atoms with Gasteiger partial charge in [0, 0.05) is 17.4 Å². The van der Waals surface area contributed by atoms with Gasteiger partial charge < -0.3 is 5.11 Å². The van der Waals surface area contributed by atoms with Crippen LogP contribution in [0.4, 0.5) is 0 Å². The summed E-state index contributed by atoms with van der Waals surface area (Å²) < 4.78 is 0. The van der Waals surface area contributed by atoms with Crippen LogP contribution >= 0.6 is 0 Å². The number of aromatic hydroxyl groups is 1. The van der Waals surface area contributed by atoms with Gasteiger partial charge in [-0.25, -0.2) is 0 Å². The first-order chi connectivity index (χ1) is 16.3. The Morgan fingerprint density at radius 3 is 1.12 bits per heavy atom. The van der Waals surface area contributed by atoms with E-state index in [0.29, 0.717) is 5.75 Å². The van der Waals surface area contributed by atoms with Gasteiger partial charge in [0.05, 0.1) is 0 Å². The largest absolute Gasteiger partial charge is 0.508 e. The topological polar surface area (TPSA) is 20.2 Å². The second kappa shape index (κ2) is 9.58. The van der Waals surface area contributed by atoms with Crippen LogP contribution in [0.15, 0.2) is 140 Å². The summed E-state index contributed by atoms with van der Waals surface area (Å²) in [5.74, 6) is 0.241. The Kier molecular flexibility index (Phi) is 6.04. The normalized spacial score (nSPS) is 11.1. The number of hydrogen-bond donors (Lipinski definition) is 1.